The minimum atomic E-state index is -0.372. The number of carbonyl (C=O) groups is 2. The summed E-state index contributed by atoms with van der Waals surface area (Å²) in [6.07, 6.45) is 3.16. The van der Waals surface area contributed by atoms with E-state index in [1.165, 1.54) is 11.3 Å². The van der Waals surface area contributed by atoms with E-state index in [0.717, 1.165) is 34.3 Å². The van der Waals surface area contributed by atoms with E-state index in [4.69, 9.17) is 9.26 Å². The van der Waals surface area contributed by atoms with Crippen LogP contribution in [0.4, 0.5) is 0 Å². The van der Waals surface area contributed by atoms with Crippen LogP contribution in [0.5, 0.6) is 0 Å². The zero-order valence-corrected chi connectivity index (χ0v) is 17.8. The molecule has 1 N–H and O–H groups in total. The van der Waals surface area contributed by atoms with Crippen LogP contribution in [-0.2, 0) is 22.5 Å². The van der Waals surface area contributed by atoms with Gasteiger partial charge in [-0.2, -0.15) is 0 Å². The monoisotopic (exact) mass is 428 g/mol. The SMILES string of the molecule is CCCc1cc(CNC(=O)c2sc3ncccc3c2[C@@H]2CN(C(C)=O)CCO2)on1. The van der Waals surface area contributed by atoms with Crippen molar-refractivity contribution in [1.29, 1.82) is 0 Å². The van der Waals surface area contributed by atoms with Crippen LogP contribution in [0, 0.1) is 0 Å². The number of hydrogen-bond donors (Lipinski definition) is 1. The number of fused-ring (bicyclic) bond motifs is 1. The molecular weight excluding hydrogens is 404 g/mol. The van der Waals surface area contributed by atoms with Crippen LogP contribution in [0.2, 0.25) is 0 Å². The van der Waals surface area contributed by atoms with Gasteiger partial charge in [0.25, 0.3) is 5.91 Å². The third kappa shape index (κ3) is 4.22. The van der Waals surface area contributed by atoms with Gasteiger partial charge in [-0.15, -0.1) is 11.3 Å². The van der Waals surface area contributed by atoms with E-state index in [-0.39, 0.29) is 24.5 Å². The van der Waals surface area contributed by atoms with Crippen molar-refractivity contribution in [2.45, 2.75) is 39.3 Å². The number of thiophene rings is 1. The van der Waals surface area contributed by atoms with Gasteiger partial charge in [-0.3, -0.25) is 9.59 Å². The number of aromatic nitrogens is 2. The normalized spacial score (nSPS) is 16.7. The van der Waals surface area contributed by atoms with Crippen LogP contribution >= 0.6 is 11.3 Å². The number of nitrogens with one attached hydrogen (secondary N) is 1. The molecule has 3 aromatic heterocycles. The second-order valence-electron chi connectivity index (χ2n) is 7.24. The topological polar surface area (TPSA) is 97.6 Å². The van der Waals surface area contributed by atoms with E-state index in [9.17, 15) is 9.59 Å². The number of hydrogen-bond acceptors (Lipinski definition) is 7. The van der Waals surface area contributed by atoms with Crippen LogP contribution in [0.25, 0.3) is 10.2 Å². The first-order chi connectivity index (χ1) is 14.6. The molecule has 1 aliphatic heterocycles. The van der Waals surface area contributed by atoms with Gasteiger partial charge in [0.05, 0.1) is 25.4 Å². The first-order valence-electron chi connectivity index (χ1n) is 10.0. The summed E-state index contributed by atoms with van der Waals surface area (Å²) in [6, 6.07) is 5.65. The number of ether oxygens (including phenoxy) is 1. The third-order valence-electron chi connectivity index (χ3n) is 5.08. The second kappa shape index (κ2) is 8.93. The highest BCUT2D eigenvalue weighted by Gasteiger charge is 2.31. The van der Waals surface area contributed by atoms with Gasteiger partial charge < -0.3 is 19.5 Å². The van der Waals surface area contributed by atoms with Crippen molar-refractivity contribution in [3.05, 3.63) is 46.3 Å². The average Bonchev–Trinajstić information content (AvgIpc) is 3.36. The molecule has 0 radical (unpaired) electrons. The van der Waals surface area contributed by atoms with Gasteiger partial charge in [0.2, 0.25) is 5.91 Å². The maximum atomic E-state index is 13.1. The van der Waals surface area contributed by atoms with Crippen molar-refractivity contribution in [2.75, 3.05) is 19.7 Å². The Bertz CT molecular complexity index is 1060. The smallest absolute Gasteiger partial charge is 0.262 e. The van der Waals surface area contributed by atoms with E-state index in [1.807, 2.05) is 18.2 Å². The number of morpholine rings is 1. The molecular formula is C21H24N4O4S. The minimum absolute atomic E-state index is 0.000152. The Kier molecular flexibility index (Phi) is 6.10. The molecule has 0 saturated carbocycles. The molecule has 0 aliphatic carbocycles. The Morgan fingerprint density at radius 3 is 3.07 bits per heavy atom. The zero-order chi connectivity index (χ0) is 21.1. The summed E-state index contributed by atoms with van der Waals surface area (Å²) in [5.74, 6) is 0.398. The quantitative estimate of drug-likeness (QED) is 0.648. The number of aryl methyl sites for hydroxylation is 1. The Balaban J connectivity index is 1.59. The zero-order valence-electron chi connectivity index (χ0n) is 17.0. The summed E-state index contributed by atoms with van der Waals surface area (Å²) >= 11 is 1.33. The van der Waals surface area contributed by atoms with Crippen molar-refractivity contribution in [3.8, 4) is 0 Å². The number of rotatable bonds is 6. The first-order valence-corrected chi connectivity index (χ1v) is 10.9. The number of nitrogens with zero attached hydrogens (tertiary/aromatic N) is 3. The molecule has 4 rings (SSSR count). The van der Waals surface area contributed by atoms with Crippen LogP contribution in [0.15, 0.2) is 28.9 Å². The summed E-state index contributed by atoms with van der Waals surface area (Å²) in [4.78, 5) is 32.4. The highest BCUT2D eigenvalue weighted by Crippen LogP contribution is 2.37. The molecule has 0 aromatic carbocycles. The summed E-state index contributed by atoms with van der Waals surface area (Å²) < 4.78 is 11.3. The largest absolute Gasteiger partial charge is 0.370 e. The number of pyridine rings is 1. The lowest BCUT2D eigenvalue weighted by atomic mass is 10.0. The fourth-order valence-corrected chi connectivity index (χ4v) is 4.72. The molecule has 30 heavy (non-hydrogen) atoms. The molecule has 4 heterocycles. The number of carbonyl (C=O) groups excluding carboxylic acids is 2. The lowest BCUT2D eigenvalue weighted by Crippen LogP contribution is -2.41. The van der Waals surface area contributed by atoms with Crippen molar-refractivity contribution in [1.82, 2.24) is 20.4 Å². The molecule has 0 spiro atoms. The van der Waals surface area contributed by atoms with Crippen molar-refractivity contribution < 1.29 is 18.8 Å². The Labute approximate surface area is 178 Å². The Morgan fingerprint density at radius 2 is 2.27 bits per heavy atom. The average molecular weight is 429 g/mol. The molecule has 1 aliphatic rings. The lowest BCUT2D eigenvalue weighted by Gasteiger charge is -2.32. The predicted octanol–water partition coefficient (Wildman–Crippen LogP) is 3.09. The second-order valence-corrected chi connectivity index (χ2v) is 8.24. The van der Waals surface area contributed by atoms with Gasteiger partial charge >= 0.3 is 0 Å². The molecule has 0 unspecified atom stereocenters. The molecule has 0 bridgehead atoms. The number of amides is 2. The predicted molar refractivity (Wildman–Crippen MR) is 112 cm³/mol. The molecule has 3 aromatic rings. The lowest BCUT2D eigenvalue weighted by molar-refractivity contribution is -0.136. The molecule has 1 atom stereocenters. The van der Waals surface area contributed by atoms with E-state index in [2.05, 4.69) is 22.4 Å². The van der Waals surface area contributed by atoms with Crippen LogP contribution in [0.1, 0.15) is 53.1 Å². The Morgan fingerprint density at radius 1 is 1.40 bits per heavy atom. The summed E-state index contributed by atoms with van der Waals surface area (Å²) in [6.45, 7) is 5.28. The van der Waals surface area contributed by atoms with Crippen molar-refractivity contribution >= 4 is 33.4 Å². The fourth-order valence-electron chi connectivity index (χ4n) is 3.61. The first kappa shape index (κ1) is 20.5. The van der Waals surface area contributed by atoms with E-state index in [0.29, 0.717) is 30.3 Å². The Hall–Kier alpha value is -2.78. The molecule has 2 amide bonds. The van der Waals surface area contributed by atoms with Gasteiger partial charge in [0.15, 0.2) is 5.76 Å². The summed E-state index contributed by atoms with van der Waals surface area (Å²) in [5.41, 5.74) is 1.67. The van der Waals surface area contributed by atoms with Crippen LogP contribution < -0.4 is 5.32 Å². The van der Waals surface area contributed by atoms with E-state index < -0.39 is 0 Å². The maximum absolute atomic E-state index is 13.1. The van der Waals surface area contributed by atoms with Gasteiger partial charge in [-0.05, 0) is 12.5 Å². The maximum Gasteiger partial charge on any atom is 0.262 e. The van der Waals surface area contributed by atoms with Crippen molar-refractivity contribution in [2.24, 2.45) is 0 Å². The van der Waals surface area contributed by atoms with Gasteiger partial charge in [-0.25, -0.2) is 4.98 Å². The third-order valence-corrected chi connectivity index (χ3v) is 6.21. The van der Waals surface area contributed by atoms with Crippen molar-refractivity contribution in [3.63, 3.8) is 0 Å². The summed E-state index contributed by atoms with van der Waals surface area (Å²) in [7, 11) is 0. The molecule has 8 nitrogen and oxygen atoms in total. The summed E-state index contributed by atoms with van der Waals surface area (Å²) in [5, 5.41) is 7.82. The van der Waals surface area contributed by atoms with E-state index in [1.54, 1.807) is 18.0 Å². The van der Waals surface area contributed by atoms with Gasteiger partial charge in [-0.1, -0.05) is 24.6 Å². The van der Waals surface area contributed by atoms with Crippen LogP contribution in [-0.4, -0.2) is 46.6 Å². The molecule has 1 fully saturated rings. The van der Waals surface area contributed by atoms with E-state index >= 15 is 0 Å². The minimum Gasteiger partial charge on any atom is -0.370 e. The van der Waals surface area contributed by atoms with Crippen LogP contribution in [0.3, 0.4) is 0 Å². The highest BCUT2D eigenvalue weighted by atomic mass is 32.1. The highest BCUT2D eigenvalue weighted by molar-refractivity contribution is 7.20. The molecule has 1 saturated heterocycles. The standard InChI is InChI=1S/C21H24N4O4S/c1-3-5-14-10-15(29-24-14)11-23-20(27)19-18(16-6-4-7-22-21(16)30-19)17-12-25(13(2)26)8-9-28-17/h4,6-7,10,17H,3,5,8-9,11-12H2,1-2H3,(H,23,27)/t17-/m0/s1. The molecule has 9 heteroatoms. The fraction of sp³-hybridized carbons (Fsp3) is 0.429. The molecule has 158 valence electrons. The van der Waals surface area contributed by atoms with Gasteiger partial charge in [0, 0.05) is 36.7 Å². The van der Waals surface area contributed by atoms with Gasteiger partial charge in [0.1, 0.15) is 15.8 Å².